The lowest BCUT2D eigenvalue weighted by atomic mass is 9.94. The second-order valence-electron chi connectivity index (χ2n) is 7.59. The fourth-order valence-electron chi connectivity index (χ4n) is 3.34. The van der Waals surface area contributed by atoms with Crippen LogP contribution in [0.5, 0.6) is 17.2 Å². The van der Waals surface area contributed by atoms with E-state index in [2.05, 4.69) is 15.5 Å². The summed E-state index contributed by atoms with van der Waals surface area (Å²) in [6.45, 7) is 6.01. The van der Waals surface area contributed by atoms with Gasteiger partial charge in [-0.25, -0.2) is 0 Å². The van der Waals surface area contributed by atoms with E-state index in [1.54, 1.807) is 7.11 Å². The van der Waals surface area contributed by atoms with Crippen molar-refractivity contribution in [1.82, 2.24) is 20.1 Å². The Morgan fingerprint density at radius 2 is 1.90 bits per heavy atom. The standard InChI is InChI=1S/C22H24N4O4S/c1-14-24-25-21(26(14)16-6-8-17(28-4)9-7-16)31-12-20(27)23-22(2,3)15-5-10-18-19(11-15)30-13-29-18/h5-11H,12-13H2,1-4H3,(H,23,27). The molecule has 0 bridgehead atoms. The minimum Gasteiger partial charge on any atom is -0.497 e. The summed E-state index contributed by atoms with van der Waals surface area (Å²) in [5.41, 5.74) is 1.28. The van der Waals surface area contributed by atoms with E-state index in [0.29, 0.717) is 10.9 Å². The van der Waals surface area contributed by atoms with Gasteiger partial charge in [0.15, 0.2) is 16.7 Å². The highest BCUT2D eigenvalue weighted by molar-refractivity contribution is 7.99. The number of carbonyl (C=O) groups is 1. The maximum Gasteiger partial charge on any atom is 0.231 e. The number of amides is 1. The van der Waals surface area contributed by atoms with E-state index in [9.17, 15) is 4.79 Å². The molecule has 2 heterocycles. The molecular weight excluding hydrogens is 416 g/mol. The first-order valence-corrected chi connectivity index (χ1v) is 10.8. The van der Waals surface area contributed by atoms with E-state index < -0.39 is 5.54 Å². The number of benzene rings is 2. The molecule has 1 aliphatic rings. The summed E-state index contributed by atoms with van der Waals surface area (Å²) in [7, 11) is 1.63. The molecule has 31 heavy (non-hydrogen) atoms. The van der Waals surface area contributed by atoms with Crippen molar-refractivity contribution in [3.8, 4) is 22.9 Å². The minimum atomic E-state index is -0.571. The van der Waals surface area contributed by atoms with Gasteiger partial charge in [-0.05, 0) is 62.7 Å². The highest BCUT2D eigenvalue weighted by Crippen LogP contribution is 2.35. The summed E-state index contributed by atoms with van der Waals surface area (Å²) in [5.74, 6) is 3.03. The van der Waals surface area contributed by atoms with Crippen LogP contribution in [-0.4, -0.2) is 40.3 Å². The maximum absolute atomic E-state index is 12.7. The number of nitrogens with one attached hydrogen (secondary N) is 1. The summed E-state index contributed by atoms with van der Waals surface area (Å²) in [4.78, 5) is 12.7. The van der Waals surface area contributed by atoms with Crippen molar-refractivity contribution >= 4 is 17.7 Å². The third kappa shape index (κ3) is 4.46. The van der Waals surface area contributed by atoms with E-state index in [0.717, 1.165) is 28.6 Å². The summed E-state index contributed by atoms with van der Waals surface area (Å²) < 4.78 is 18.0. The Labute approximate surface area is 184 Å². The van der Waals surface area contributed by atoms with E-state index in [1.807, 2.05) is 67.8 Å². The first-order chi connectivity index (χ1) is 14.9. The molecule has 0 saturated heterocycles. The van der Waals surface area contributed by atoms with Gasteiger partial charge in [0.05, 0.1) is 18.4 Å². The highest BCUT2D eigenvalue weighted by atomic mass is 32.2. The number of aryl methyl sites for hydroxylation is 1. The molecule has 0 atom stereocenters. The smallest absolute Gasteiger partial charge is 0.231 e. The fraction of sp³-hybridized carbons (Fsp3) is 0.318. The zero-order valence-electron chi connectivity index (χ0n) is 17.8. The van der Waals surface area contributed by atoms with Crippen molar-refractivity contribution in [2.75, 3.05) is 19.7 Å². The van der Waals surface area contributed by atoms with Crippen molar-refractivity contribution in [1.29, 1.82) is 0 Å². The number of ether oxygens (including phenoxy) is 3. The van der Waals surface area contributed by atoms with Crippen LogP contribution in [0.3, 0.4) is 0 Å². The lowest BCUT2D eigenvalue weighted by molar-refractivity contribution is -0.120. The van der Waals surface area contributed by atoms with Crippen molar-refractivity contribution in [2.45, 2.75) is 31.5 Å². The molecule has 8 nitrogen and oxygen atoms in total. The van der Waals surface area contributed by atoms with E-state index in [1.165, 1.54) is 11.8 Å². The molecule has 1 aliphatic heterocycles. The van der Waals surface area contributed by atoms with Gasteiger partial charge in [-0.15, -0.1) is 10.2 Å². The molecular formula is C22H24N4O4S. The Morgan fingerprint density at radius 3 is 2.65 bits per heavy atom. The van der Waals surface area contributed by atoms with Crippen LogP contribution in [0, 0.1) is 6.92 Å². The number of rotatable bonds is 7. The maximum atomic E-state index is 12.7. The van der Waals surface area contributed by atoms with Gasteiger partial charge in [-0.1, -0.05) is 17.8 Å². The molecule has 1 aromatic heterocycles. The van der Waals surface area contributed by atoms with Gasteiger partial charge in [0, 0.05) is 5.69 Å². The molecule has 0 fully saturated rings. The van der Waals surface area contributed by atoms with Crippen LogP contribution in [0.2, 0.25) is 0 Å². The van der Waals surface area contributed by atoms with Crippen LogP contribution in [0.1, 0.15) is 25.2 Å². The monoisotopic (exact) mass is 440 g/mol. The van der Waals surface area contributed by atoms with E-state index in [-0.39, 0.29) is 18.5 Å². The summed E-state index contributed by atoms with van der Waals surface area (Å²) >= 11 is 1.34. The van der Waals surface area contributed by atoms with Crippen LogP contribution in [0.15, 0.2) is 47.6 Å². The van der Waals surface area contributed by atoms with Crippen LogP contribution in [-0.2, 0) is 10.3 Å². The lowest BCUT2D eigenvalue weighted by Gasteiger charge is -2.27. The first kappa shape index (κ1) is 21.0. The molecule has 0 spiro atoms. The Morgan fingerprint density at radius 1 is 1.16 bits per heavy atom. The Hall–Kier alpha value is -3.20. The number of carbonyl (C=O) groups excluding carboxylic acids is 1. The van der Waals surface area contributed by atoms with Gasteiger partial charge in [-0.2, -0.15) is 0 Å². The zero-order valence-corrected chi connectivity index (χ0v) is 18.7. The number of aromatic nitrogens is 3. The number of nitrogens with zero attached hydrogens (tertiary/aromatic N) is 3. The third-order valence-electron chi connectivity index (χ3n) is 5.00. The highest BCUT2D eigenvalue weighted by Gasteiger charge is 2.26. The second-order valence-corrected chi connectivity index (χ2v) is 8.54. The average Bonchev–Trinajstić information content (AvgIpc) is 3.37. The largest absolute Gasteiger partial charge is 0.497 e. The molecule has 4 rings (SSSR count). The summed E-state index contributed by atoms with van der Waals surface area (Å²) in [6.07, 6.45) is 0. The molecule has 0 aliphatic carbocycles. The molecule has 0 unspecified atom stereocenters. The molecule has 3 aromatic rings. The van der Waals surface area contributed by atoms with Crippen LogP contribution in [0.25, 0.3) is 5.69 Å². The number of hydrogen-bond acceptors (Lipinski definition) is 7. The van der Waals surface area contributed by atoms with Gasteiger partial charge >= 0.3 is 0 Å². The number of fused-ring (bicyclic) bond motifs is 1. The Kier molecular flexibility index (Phi) is 5.77. The number of thioether (sulfide) groups is 1. The topological polar surface area (TPSA) is 87.5 Å². The summed E-state index contributed by atoms with van der Waals surface area (Å²) in [5, 5.41) is 12.1. The molecule has 1 amide bonds. The van der Waals surface area contributed by atoms with Crippen LogP contribution >= 0.6 is 11.8 Å². The molecule has 162 valence electrons. The SMILES string of the molecule is COc1ccc(-n2c(C)nnc2SCC(=O)NC(C)(C)c2ccc3c(c2)OCO3)cc1. The quantitative estimate of drug-likeness (QED) is 0.563. The predicted molar refractivity (Wildman–Crippen MR) is 117 cm³/mol. The lowest BCUT2D eigenvalue weighted by Crippen LogP contribution is -2.41. The fourth-order valence-corrected chi connectivity index (χ4v) is 4.13. The average molecular weight is 441 g/mol. The van der Waals surface area contributed by atoms with Crippen molar-refractivity contribution < 1.29 is 19.0 Å². The summed E-state index contributed by atoms with van der Waals surface area (Å²) in [6, 6.07) is 13.3. The Balaban J connectivity index is 1.43. The predicted octanol–water partition coefficient (Wildman–Crippen LogP) is 3.46. The molecule has 2 aromatic carbocycles. The first-order valence-electron chi connectivity index (χ1n) is 9.78. The third-order valence-corrected chi connectivity index (χ3v) is 5.93. The van der Waals surface area contributed by atoms with Gasteiger partial charge in [0.1, 0.15) is 11.6 Å². The second kappa shape index (κ2) is 8.50. The normalized spacial score (nSPS) is 12.6. The van der Waals surface area contributed by atoms with Gasteiger partial charge in [-0.3, -0.25) is 9.36 Å². The van der Waals surface area contributed by atoms with Gasteiger partial charge < -0.3 is 19.5 Å². The molecule has 9 heteroatoms. The van der Waals surface area contributed by atoms with E-state index >= 15 is 0 Å². The van der Waals surface area contributed by atoms with E-state index in [4.69, 9.17) is 14.2 Å². The van der Waals surface area contributed by atoms with Crippen molar-refractivity contribution in [2.24, 2.45) is 0 Å². The Bertz CT molecular complexity index is 1100. The number of methoxy groups -OCH3 is 1. The van der Waals surface area contributed by atoms with Gasteiger partial charge in [0.2, 0.25) is 12.7 Å². The number of hydrogen-bond donors (Lipinski definition) is 1. The van der Waals surface area contributed by atoms with Crippen molar-refractivity contribution in [3.05, 3.63) is 53.9 Å². The van der Waals surface area contributed by atoms with Crippen LogP contribution in [0.4, 0.5) is 0 Å². The van der Waals surface area contributed by atoms with Crippen LogP contribution < -0.4 is 19.5 Å². The van der Waals surface area contributed by atoms with Gasteiger partial charge in [0.25, 0.3) is 0 Å². The molecule has 0 radical (unpaired) electrons. The minimum absolute atomic E-state index is 0.102. The zero-order chi connectivity index (χ0) is 22.0. The molecule has 0 saturated carbocycles. The molecule has 1 N–H and O–H groups in total. The van der Waals surface area contributed by atoms with Crippen molar-refractivity contribution in [3.63, 3.8) is 0 Å².